The fourth-order valence-corrected chi connectivity index (χ4v) is 2.99. The first-order valence-corrected chi connectivity index (χ1v) is 8.00. The molecule has 0 bridgehead atoms. The number of nitrogens with one attached hydrogen (secondary N) is 1. The molecule has 1 fully saturated rings. The highest BCUT2D eigenvalue weighted by molar-refractivity contribution is 6.29. The molecule has 1 aromatic heterocycles. The van der Waals surface area contributed by atoms with Gasteiger partial charge in [0, 0.05) is 19.1 Å². The summed E-state index contributed by atoms with van der Waals surface area (Å²) in [6.45, 7) is 3.72. The zero-order valence-corrected chi connectivity index (χ0v) is 13.4. The number of hydrogen-bond acceptors (Lipinski definition) is 4. The number of ether oxygens (including phenoxy) is 1. The minimum atomic E-state index is 0.133. The molecule has 0 amide bonds. The molecule has 1 saturated heterocycles. The molecule has 0 spiro atoms. The molecule has 116 valence electrons. The van der Waals surface area contributed by atoms with Crippen LogP contribution in [0, 0.1) is 12.8 Å². The number of anilines is 1. The topological polar surface area (TPSA) is 47.0 Å². The summed E-state index contributed by atoms with van der Waals surface area (Å²) < 4.78 is 6.03. The second-order valence-corrected chi connectivity index (χ2v) is 6.10. The molecule has 2 heterocycles. The molecule has 3 rings (SSSR count). The summed E-state index contributed by atoms with van der Waals surface area (Å²) in [5.74, 6) is 1.12. The first kappa shape index (κ1) is 15.3. The average Bonchev–Trinajstić information content (AvgIpc) is 2.54. The largest absolute Gasteiger partial charge is 0.373 e. The predicted octanol–water partition coefficient (Wildman–Crippen LogP) is 4.02. The van der Waals surface area contributed by atoms with Gasteiger partial charge in [-0.05, 0) is 25.3 Å². The van der Waals surface area contributed by atoms with Crippen LogP contribution in [0.5, 0.6) is 0 Å². The molecule has 0 saturated carbocycles. The maximum absolute atomic E-state index is 6.03. The van der Waals surface area contributed by atoms with Crippen molar-refractivity contribution < 1.29 is 4.74 Å². The van der Waals surface area contributed by atoms with Gasteiger partial charge in [-0.25, -0.2) is 4.98 Å². The van der Waals surface area contributed by atoms with E-state index in [4.69, 9.17) is 16.3 Å². The number of aryl methyl sites for hydroxylation is 1. The van der Waals surface area contributed by atoms with Crippen molar-refractivity contribution in [2.75, 3.05) is 18.5 Å². The molecule has 2 aromatic rings. The molecule has 5 heteroatoms. The third-order valence-corrected chi connectivity index (χ3v) is 4.18. The molecule has 1 aliphatic rings. The monoisotopic (exact) mass is 317 g/mol. The molecule has 22 heavy (non-hydrogen) atoms. The van der Waals surface area contributed by atoms with E-state index in [0.29, 0.717) is 16.9 Å². The molecule has 2 unspecified atom stereocenters. The lowest BCUT2D eigenvalue weighted by Crippen LogP contribution is -2.28. The smallest absolute Gasteiger partial charge is 0.149 e. The second kappa shape index (κ2) is 7.07. The number of nitrogens with zero attached hydrogens (tertiary/aromatic N) is 2. The Morgan fingerprint density at radius 2 is 2.09 bits per heavy atom. The van der Waals surface area contributed by atoms with Crippen LogP contribution in [0.4, 0.5) is 5.82 Å². The highest BCUT2D eigenvalue weighted by atomic mass is 35.5. The van der Waals surface area contributed by atoms with Crippen LogP contribution in [0.1, 0.15) is 30.1 Å². The molecule has 4 nitrogen and oxygen atoms in total. The van der Waals surface area contributed by atoms with Crippen LogP contribution in [0.3, 0.4) is 0 Å². The van der Waals surface area contributed by atoms with Crippen LogP contribution in [-0.2, 0) is 4.74 Å². The van der Waals surface area contributed by atoms with Gasteiger partial charge in [0.1, 0.15) is 11.0 Å². The lowest BCUT2D eigenvalue weighted by Gasteiger charge is -2.32. The van der Waals surface area contributed by atoms with E-state index < -0.39 is 0 Å². The summed E-state index contributed by atoms with van der Waals surface area (Å²) in [7, 11) is 0. The van der Waals surface area contributed by atoms with E-state index in [0.717, 1.165) is 26.0 Å². The van der Waals surface area contributed by atoms with Crippen molar-refractivity contribution in [3.8, 4) is 0 Å². The van der Waals surface area contributed by atoms with Gasteiger partial charge in [-0.3, -0.25) is 4.98 Å². The predicted molar refractivity (Wildman–Crippen MR) is 88.1 cm³/mol. The van der Waals surface area contributed by atoms with Gasteiger partial charge in [-0.15, -0.1) is 0 Å². The summed E-state index contributed by atoms with van der Waals surface area (Å²) in [4.78, 5) is 8.26. The highest BCUT2D eigenvalue weighted by Crippen LogP contribution is 2.33. The first-order chi connectivity index (χ1) is 10.7. The molecule has 1 aromatic carbocycles. The van der Waals surface area contributed by atoms with Crippen LogP contribution in [0.2, 0.25) is 5.15 Å². The maximum atomic E-state index is 6.03. The fraction of sp³-hybridized carbons (Fsp3) is 0.412. The van der Waals surface area contributed by atoms with E-state index in [1.165, 1.54) is 17.3 Å². The Balaban J connectivity index is 1.68. The number of aromatic nitrogens is 2. The van der Waals surface area contributed by atoms with Crippen LogP contribution < -0.4 is 5.32 Å². The number of hydrogen-bond donors (Lipinski definition) is 1. The van der Waals surface area contributed by atoms with E-state index >= 15 is 0 Å². The Morgan fingerprint density at radius 1 is 1.27 bits per heavy atom. The van der Waals surface area contributed by atoms with Crippen molar-refractivity contribution in [3.05, 3.63) is 52.9 Å². The van der Waals surface area contributed by atoms with Crippen molar-refractivity contribution in [1.82, 2.24) is 9.97 Å². The Bertz CT molecular complexity index is 618. The maximum Gasteiger partial charge on any atom is 0.149 e. The summed E-state index contributed by atoms with van der Waals surface area (Å²) in [5, 5.41) is 3.73. The average molecular weight is 318 g/mol. The zero-order chi connectivity index (χ0) is 15.4. The van der Waals surface area contributed by atoms with Crippen molar-refractivity contribution in [2.24, 2.45) is 5.92 Å². The molecule has 0 aliphatic carbocycles. The zero-order valence-electron chi connectivity index (χ0n) is 12.6. The minimum absolute atomic E-state index is 0.133. The summed E-state index contributed by atoms with van der Waals surface area (Å²) in [6.07, 6.45) is 5.59. The van der Waals surface area contributed by atoms with Crippen LogP contribution in [-0.4, -0.2) is 23.1 Å². The Hall–Kier alpha value is -1.65. The van der Waals surface area contributed by atoms with Gasteiger partial charge in [-0.1, -0.05) is 41.4 Å². The van der Waals surface area contributed by atoms with E-state index in [-0.39, 0.29) is 6.10 Å². The van der Waals surface area contributed by atoms with Crippen molar-refractivity contribution in [2.45, 2.75) is 25.9 Å². The SMILES string of the molecule is Cc1ccc(C2OCCCC2CNc2cncc(Cl)n2)cc1. The first-order valence-electron chi connectivity index (χ1n) is 7.62. The van der Waals surface area contributed by atoms with Gasteiger partial charge in [0.15, 0.2) is 0 Å². The fourth-order valence-electron chi connectivity index (χ4n) is 2.84. The summed E-state index contributed by atoms with van der Waals surface area (Å²) in [6, 6.07) is 8.61. The van der Waals surface area contributed by atoms with Crippen molar-refractivity contribution >= 4 is 17.4 Å². The standard InChI is InChI=1S/C17H20ClN3O/c1-12-4-6-13(7-5-12)17-14(3-2-8-22-17)9-20-16-11-19-10-15(18)21-16/h4-7,10-11,14,17H,2-3,8-9H2,1H3,(H,20,21). The molecule has 2 atom stereocenters. The van der Waals surface area contributed by atoms with E-state index in [1.807, 2.05) is 0 Å². The quantitative estimate of drug-likeness (QED) is 0.925. The minimum Gasteiger partial charge on any atom is -0.373 e. The van der Waals surface area contributed by atoms with Gasteiger partial charge in [0.05, 0.1) is 18.5 Å². The molecular formula is C17H20ClN3O. The van der Waals surface area contributed by atoms with Crippen molar-refractivity contribution in [1.29, 1.82) is 0 Å². The van der Waals surface area contributed by atoms with Gasteiger partial charge >= 0.3 is 0 Å². The molecular weight excluding hydrogens is 298 g/mol. The number of benzene rings is 1. The van der Waals surface area contributed by atoms with Crippen LogP contribution in [0.15, 0.2) is 36.7 Å². The van der Waals surface area contributed by atoms with Crippen molar-refractivity contribution in [3.63, 3.8) is 0 Å². The van der Waals surface area contributed by atoms with Gasteiger partial charge in [-0.2, -0.15) is 0 Å². The van der Waals surface area contributed by atoms with Crippen LogP contribution in [0.25, 0.3) is 0 Å². The summed E-state index contributed by atoms with van der Waals surface area (Å²) in [5.41, 5.74) is 2.51. The lowest BCUT2D eigenvalue weighted by molar-refractivity contribution is -0.0238. The Labute approximate surface area is 135 Å². The van der Waals surface area contributed by atoms with Crippen LogP contribution >= 0.6 is 11.6 Å². The Morgan fingerprint density at radius 3 is 2.86 bits per heavy atom. The van der Waals surface area contributed by atoms with Gasteiger partial charge in [0.2, 0.25) is 0 Å². The lowest BCUT2D eigenvalue weighted by atomic mass is 9.89. The molecule has 1 aliphatic heterocycles. The van der Waals surface area contributed by atoms with E-state index in [1.54, 1.807) is 6.20 Å². The van der Waals surface area contributed by atoms with E-state index in [2.05, 4.69) is 46.5 Å². The van der Waals surface area contributed by atoms with E-state index in [9.17, 15) is 0 Å². The third kappa shape index (κ3) is 3.76. The summed E-state index contributed by atoms with van der Waals surface area (Å²) >= 11 is 5.87. The normalized spacial score (nSPS) is 21.5. The van der Waals surface area contributed by atoms with Gasteiger partial charge < -0.3 is 10.1 Å². The number of halogens is 1. The van der Waals surface area contributed by atoms with Gasteiger partial charge in [0.25, 0.3) is 0 Å². The molecule has 0 radical (unpaired) electrons. The molecule has 1 N–H and O–H groups in total. The third-order valence-electron chi connectivity index (χ3n) is 4.00. The Kier molecular flexibility index (Phi) is 4.90. The highest BCUT2D eigenvalue weighted by Gasteiger charge is 2.27. The number of rotatable bonds is 4. The second-order valence-electron chi connectivity index (χ2n) is 5.71.